The number of nitrogens with two attached hydrogens (primary N) is 1. The molecule has 0 aliphatic heterocycles. The minimum absolute atomic E-state index is 0.0787. The fraction of sp³-hybridized carbons (Fsp3) is 0. The molecule has 0 bridgehead atoms. The Morgan fingerprint density at radius 2 is 1.89 bits per heavy atom. The summed E-state index contributed by atoms with van der Waals surface area (Å²) in [5.74, 6) is 0.146. The molecule has 0 spiro atoms. The molecule has 0 aromatic heterocycles. The molecule has 2 aromatic rings. The minimum Gasteiger partial charge on any atom is -0.507 e. The molecular weight excluding hydrogens is 258 g/mol. The second-order valence-corrected chi connectivity index (χ2v) is 4.31. The Kier molecular flexibility index (Phi) is 4.10. The van der Waals surface area contributed by atoms with Crippen LogP contribution in [-0.4, -0.2) is 16.4 Å². The number of phenols is 1. The van der Waals surface area contributed by atoms with Gasteiger partial charge in [0, 0.05) is 5.56 Å². The summed E-state index contributed by atoms with van der Waals surface area (Å²) in [6.07, 6.45) is 1.47. The Morgan fingerprint density at radius 3 is 2.58 bits per heavy atom. The van der Waals surface area contributed by atoms with Gasteiger partial charge in [0.25, 0.3) is 0 Å². The number of nitrogens with zero attached hydrogens (tertiary/aromatic N) is 1. The molecule has 0 saturated carbocycles. The Labute approximate surface area is 116 Å². The van der Waals surface area contributed by atoms with Gasteiger partial charge in [-0.15, -0.1) is 0 Å². The van der Waals surface area contributed by atoms with Gasteiger partial charge in [-0.25, -0.2) is 0 Å². The fourth-order valence-electron chi connectivity index (χ4n) is 1.63. The lowest BCUT2D eigenvalue weighted by molar-refractivity contribution is 0.474. The van der Waals surface area contributed by atoms with Crippen LogP contribution < -0.4 is 11.2 Å². The molecule has 0 aliphatic rings. The van der Waals surface area contributed by atoms with E-state index in [0.717, 1.165) is 11.1 Å². The van der Waals surface area contributed by atoms with Gasteiger partial charge in [-0.3, -0.25) is 5.43 Å². The number of hydrazone groups is 1. The summed E-state index contributed by atoms with van der Waals surface area (Å²) in [4.78, 5) is 0. The summed E-state index contributed by atoms with van der Waals surface area (Å²) in [6.45, 7) is 0. The molecule has 0 fully saturated rings. The molecular formula is C14H13N3OS. The average molecular weight is 271 g/mol. The number of thiocarbonyl (C=S) groups is 1. The van der Waals surface area contributed by atoms with Crippen molar-refractivity contribution in [3.8, 4) is 16.9 Å². The number of nitrogens with one attached hydrogen (secondary N) is 1. The van der Waals surface area contributed by atoms with Crippen molar-refractivity contribution in [2.45, 2.75) is 0 Å². The molecule has 5 heteroatoms. The molecule has 0 saturated heterocycles. The molecule has 96 valence electrons. The van der Waals surface area contributed by atoms with Crippen molar-refractivity contribution in [2.75, 3.05) is 0 Å². The maximum atomic E-state index is 9.76. The van der Waals surface area contributed by atoms with Crippen LogP contribution in [0.2, 0.25) is 0 Å². The van der Waals surface area contributed by atoms with Gasteiger partial charge >= 0.3 is 0 Å². The van der Waals surface area contributed by atoms with Crippen LogP contribution in [0.5, 0.6) is 5.75 Å². The zero-order chi connectivity index (χ0) is 13.7. The van der Waals surface area contributed by atoms with Gasteiger partial charge in [0.05, 0.1) is 6.21 Å². The molecule has 4 N–H and O–H groups in total. The van der Waals surface area contributed by atoms with Crippen molar-refractivity contribution in [1.29, 1.82) is 0 Å². The van der Waals surface area contributed by atoms with Gasteiger partial charge in [0.15, 0.2) is 5.11 Å². The SMILES string of the molecule is NC(=S)N/N=C/c1cc(-c2ccccc2)ccc1O. The van der Waals surface area contributed by atoms with Crippen LogP contribution in [0.1, 0.15) is 5.56 Å². The van der Waals surface area contributed by atoms with Crippen LogP contribution in [0.15, 0.2) is 53.6 Å². The third-order valence-corrected chi connectivity index (χ3v) is 2.60. The summed E-state index contributed by atoms with van der Waals surface area (Å²) in [7, 11) is 0. The first kappa shape index (κ1) is 13.0. The molecule has 2 aromatic carbocycles. The van der Waals surface area contributed by atoms with Crippen molar-refractivity contribution in [2.24, 2.45) is 10.8 Å². The molecule has 19 heavy (non-hydrogen) atoms. The summed E-state index contributed by atoms with van der Waals surface area (Å²) >= 11 is 4.64. The normalized spacial score (nSPS) is 10.5. The van der Waals surface area contributed by atoms with E-state index in [-0.39, 0.29) is 10.9 Å². The molecule has 0 amide bonds. The highest BCUT2D eigenvalue weighted by atomic mass is 32.1. The summed E-state index contributed by atoms with van der Waals surface area (Å²) in [5.41, 5.74) is 10.4. The van der Waals surface area contributed by atoms with E-state index in [0.29, 0.717) is 5.56 Å². The second-order valence-electron chi connectivity index (χ2n) is 3.87. The van der Waals surface area contributed by atoms with Crippen LogP contribution in [0, 0.1) is 0 Å². The van der Waals surface area contributed by atoms with Gasteiger partial charge < -0.3 is 10.8 Å². The first-order valence-corrected chi connectivity index (χ1v) is 6.04. The van der Waals surface area contributed by atoms with E-state index >= 15 is 0 Å². The smallest absolute Gasteiger partial charge is 0.184 e. The van der Waals surface area contributed by atoms with E-state index in [1.165, 1.54) is 6.21 Å². The molecule has 0 unspecified atom stereocenters. The topological polar surface area (TPSA) is 70.6 Å². The van der Waals surface area contributed by atoms with E-state index in [2.05, 4.69) is 22.7 Å². The number of benzene rings is 2. The van der Waals surface area contributed by atoms with Gasteiger partial charge in [-0.1, -0.05) is 36.4 Å². The van der Waals surface area contributed by atoms with E-state index in [4.69, 9.17) is 5.73 Å². The van der Waals surface area contributed by atoms with Gasteiger partial charge in [-0.2, -0.15) is 5.10 Å². The lowest BCUT2D eigenvalue weighted by Crippen LogP contribution is -2.23. The number of hydrogen-bond donors (Lipinski definition) is 3. The van der Waals surface area contributed by atoms with Crippen molar-refractivity contribution in [3.05, 3.63) is 54.1 Å². The molecule has 0 heterocycles. The standard InChI is InChI=1S/C14H13N3OS/c15-14(19)17-16-9-12-8-11(6-7-13(12)18)10-4-2-1-3-5-10/h1-9,18H,(H3,15,17,19)/b16-9+. The number of phenolic OH excluding ortho intramolecular Hbond substituents is 1. The second kappa shape index (κ2) is 5.97. The molecule has 0 aliphatic carbocycles. The highest BCUT2D eigenvalue weighted by molar-refractivity contribution is 7.80. The molecule has 0 radical (unpaired) electrons. The molecule has 4 nitrogen and oxygen atoms in total. The third-order valence-electron chi connectivity index (χ3n) is 2.51. The Morgan fingerprint density at radius 1 is 1.16 bits per heavy atom. The van der Waals surface area contributed by atoms with Gasteiger partial charge in [0.1, 0.15) is 5.75 Å². The predicted octanol–water partition coefficient (Wildman–Crippen LogP) is 2.23. The zero-order valence-corrected chi connectivity index (χ0v) is 10.9. The monoisotopic (exact) mass is 271 g/mol. The van der Waals surface area contributed by atoms with Crippen LogP contribution >= 0.6 is 12.2 Å². The van der Waals surface area contributed by atoms with E-state index in [1.54, 1.807) is 6.07 Å². The van der Waals surface area contributed by atoms with Crippen LogP contribution in [0.3, 0.4) is 0 Å². The van der Waals surface area contributed by atoms with Crippen molar-refractivity contribution in [1.82, 2.24) is 5.43 Å². The van der Waals surface area contributed by atoms with E-state index in [9.17, 15) is 5.11 Å². The number of hydrogen-bond acceptors (Lipinski definition) is 3. The summed E-state index contributed by atoms with van der Waals surface area (Å²) in [6, 6.07) is 15.2. The van der Waals surface area contributed by atoms with Crippen LogP contribution in [0.4, 0.5) is 0 Å². The van der Waals surface area contributed by atoms with Crippen molar-refractivity contribution in [3.63, 3.8) is 0 Å². The molecule has 2 rings (SSSR count). The number of rotatable bonds is 3. The Bertz CT molecular complexity index is 611. The largest absolute Gasteiger partial charge is 0.507 e. The summed E-state index contributed by atoms with van der Waals surface area (Å²) in [5, 5.41) is 13.7. The first-order valence-electron chi connectivity index (χ1n) is 5.64. The minimum atomic E-state index is 0.0787. The molecule has 0 atom stereocenters. The van der Waals surface area contributed by atoms with E-state index < -0.39 is 0 Å². The van der Waals surface area contributed by atoms with Gasteiger partial charge in [-0.05, 0) is 35.5 Å². The Hall–Kier alpha value is -2.40. The first-order chi connectivity index (χ1) is 9.16. The number of aromatic hydroxyl groups is 1. The van der Waals surface area contributed by atoms with Crippen LogP contribution in [0.25, 0.3) is 11.1 Å². The lowest BCUT2D eigenvalue weighted by Gasteiger charge is -2.04. The van der Waals surface area contributed by atoms with Gasteiger partial charge in [0.2, 0.25) is 0 Å². The lowest BCUT2D eigenvalue weighted by atomic mass is 10.0. The highest BCUT2D eigenvalue weighted by Gasteiger charge is 2.02. The van der Waals surface area contributed by atoms with E-state index in [1.807, 2.05) is 42.5 Å². The summed E-state index contributed by atoms with van der Waals surface area (Å²) < 4.78 is 0. The predicted molar refractivity (Wildman–Crippen MR) is 81.1 cm³/mol. The zero-order valence-electron chi connectivity index (χ0n) is 10.1. The van der Waals surface area contributed by atoms with Crippen molar-refractivity contribution < 1.29 is 5.11 Å². The Balaban J connectivity index is 2.30. The maximum Gasteiger partial charge on any atom is 0.184 e. The highest BCUT2D eigenvalue weighted by Crippen LogP contribution is 2.24. The third kappa shape index (κ3) is 3.53. The average Bonchev–Trinajstić information content (AvgIpc) is 2.41. The fourth-order valence-corrected chi connectivity index (χ4v) is 1.69. The quantitative estimate of drug-likeness (QED) is 0.455. The maximum absolute atomic E-state index is 9.76. The van der Waals surface area contributed by atoms with Crippen molar-refractivity contribution >= 4 is 23.5 Å². The van der Waals surface area contributed by atoms with Crippen LogP contribution in [-0.2, 0) is 0 Å².